The van der Waals surface area contributed by atoms with Crippen molar-refractivity contribution in [2.75, 3.05) is 26.2 Å². The first-order valence-electron chi connectivity index (χ1n) is 9.33. The van der Waals surface area contributed by atoms with Crippen molar-refractivity contribution >= 4 is 23.4 Å². The van der Waals surface area contributed by atoms with E-state index in [2.05, 4.69) is 0 Å². The zero-order valence-corrected chi connectivity index (χ0v) is 16.6. The predicted octanol–water partition coefficient (Wildman–Crippen LogP) is 3.87. The van der Waals surface area contributed by atoms with Crippen molar-refractivity contribution in [1.82, 2.24) is 9.80 Å². The maximum atomic E-state index is 12.7. The second-order valence-corrected chi connectivity index (χ2v) is 7.53. The van der Waals surface area contributed by atoms with Crippen LogP contribution in [-0.4, -0.2) is 47.8 Å². The zero-order chi connectivity index (χ0) is 19.4. The summed E-state index contributed by atoms with van der Waals surface area (Å²) in [5, 5.41) is 0.703. The Bertz CT molecular complexity index is 825. The molecule has 142 valence electrons. The molecule has 0 saturated carbocycles. The Morgan fingerprint density at radius 3 is 2.15 bits per heavy atom. The van der Waals surface area contributed by atoms with Crippen molar-refractivity contribution in [3.05, 3.63) is 69.7 Å². The number of hydrogen-bond donors (Lipinski definition) is 0. The summed E-state index contributed by atoms with van der Waals surface area (Å²) in [7, 11) is 0. The molecule has 1 fully saturated rings. The molecule has 1 heterocycles. The lowest BCUT2D eigenvalue weighted by Crippen LogP contribution is -2.50. The molecule has 0 radical (unpaired) electrons. The molecule has 0 spiro atoms. The number of aryl methyl sites for hydroxylation is 3. The van der Waals surface area contributed by atoms with E-state index in [-0.39, 0.29) is 11.8 Å². The largest absolute Gasteiger partial charge is 0.339 e. The molecule has 0 unspecified atom stereocenters. The fraction of sp³-hybridized carbons (Fsp3) is 0.364. The molecule has 27 heavy (non-hydrogen) atoms. The van der Waals surface area contributed by atoms with Crippen LogP contribution >= 0.6 is 11.6 Å². The van der Waals surface area contributed by atoms with E-state index in [4.69, 9.17) is 11.6 Å². The van der Waals surface area contributed by atoms with Gasteiger partial charge in [-0.15, -0.1) is 0 Å². The molecule has 5 heteroatoms. The third kappa shape index (κ3) is 4.89. The molecule has 0 bridgehead atoms. The van der Waals surface area contributed by atoms with Gasteiger partial charge in [0.2, 0.25) is 5.91 Å². The van der Waals surface area contributed by atoms with Gasteiger partial charge in [-0.1, -0.05) is 29.8 Å². The van der Waals surface area contributed by atoms with Crippen LogP contribution in [-0.2, 0) is 11.2 Å². The highest BCUT2D eigenvalue weighted by atomic mass is 35.5. The van der Waals surface area contributed by atoms with Gasteiger partial charge in [0, 0.05) is 43.2 Å². The summed E-state index contributed by atoms with van der Waals surface area (Å²) in [5.74, 6) is 0.189. The molecule has 1 saturated heterocycles. The normalized spacial score (nSPS) is 14.3. The SMILES string of the molecule is Cc1ccc(C(=O)N2CCN(C(=O)CCc3ccc(Cl)cc3)CC2)cc1C. The minimum atomic E-state index is 0.0476. The monoisotopic (exact) mass is 384 g/mol. The summed E-state index contributed by atoms with van der Waals surface area (Å²) in [6, 6.07) is 13.4. The maximum absolute atomic E-state index is 12.7. The third-order valence-electron chi connectivity index (χ3n) is 5.21. The number of halogens is 1. The first-order valence-corrected chi connectivity index (χ1v) is 9.70. The molecule has 1 aliphatic heterocycles. The number of hydrogen-bond acceptors (Lipinski definition) is 2. The van der Waals surface area contributed by atoms with Gasteiger partial charge in [-0.3, -0.25) is 9.59 Å². The first-order chi connectivity index (χ1) is 12.9. The Labute approximate surface area is 165 Å². The molecule has 2 aromatic carbocycles. The molecule has 0 atom stereocenters. The molecule has 0 N–H and O–H groups in total. The molecule has 4 nitrogen and oxygen atoms in total. The van der Waals surface area contributed by atoms with Gasteiger partial charge in [-0.25, -0.2) is 0 Å². The van der Waals surface area contributed by atoms with Crippen LogP contribution in [0.1, 0.15) is 33.5 Å². The summed E-state index contributed by atoms with van der Waals surface area (Å²) in [6.45, 7) is 6.41. The van der Waals surface area contributed by atoms with Crippen LogP contribution in [0.4, 0.5) is 0 Å². The smallest absolute Gasteiger partial charge is 0.253 e. The quantitative estimate of drug-likeness (QED) is 0.802. The first kappa shape index (κ1) is 19.4. The van der Waals surface area contributed by atoms with Gasteiger partial charge in [-0.05, 0) is 61.2 Å². The fourth-order valence-electron chi connectivity index (χ4n) is 3.28. The number of piperazine rings is 1. The Kier molecular flexibility index (Phi) is 6.17. The van der Waals surface area contributed by atoms with Crippen LogP contribution in [0, 0.1) is 13.8 Å². The Morgan fingerprint density at radius 2 is 1.52 bits per heavy atom. The van der Waals surface area contributed by atoms with E-state index < -0.39 is 0 Å². The lowest BCUT2D eigenvalue weighted by molar-refractivity contribution is -0.132. The van der Waals surface area contributed by atoms with E-state index in [0.717, 1.165) is 16.7 Å². The van der Waals surface area contributed by atoms with Gasteiger partial charge in [0.15, 0.2) is 0 Å². The van der Waals surface area contributed by atoms with Crippen molar-refractivity contribution in [3.63, 3.8) is 0 Å². The summed E-state index contributed by atoms with van der Waals surface area (Å²) in [5.41, 5.74) is 4.14. The Balaban J connectivity index is 1.50. The van der Waals surface area contributed by atoms with Gasteiger partial charge >= 0.3 is 0 Å². The van der Waals surface area contributed by atoms with E-state index in [1.807, 2.05) is 66.1 Å². The van der Waals surface area contributed by atoms with Gasteiger partial charge in [-0.2, -0.15) is 0 Å². The van der Waals surface area contributed by atoms with E-state index in [9.17, 15) is 9.59 Å². The average molecular weight is 385 g/mol. The van der Waals surface area contributed by atoms with Gasteiger partial charge in [0.05, 0.1) is 0 Å². The number of amides is 2. The zero-order valence-electron chi connectivity index (χ0n) is 15.9. The molecule has 0 aromatic heterocycles. The molecule has 1 aliphatic rings. The fourth-order valence-corrected chi connectivity index (χ4v) is 3.40. The highest BCUT2D eigenvalue weighted by molar-refractivity contribution is 6.30. The van der Waals surface area contributed by atoms with E-state index >= 15 is 0 Å². The summed E-state index contributed by atoms with van der Waals surface area (Å²) < 4.78 is 0. The molecule has 3 rings (SSSR count). The summed E-state index contributed by atoms with van der Waals surface area (Å²) in [4.78, 5) is 28.9. The average Bonchev–Trinajstić information content (AvgIpc) is 2.69. The molecular weight excluding hydrogens is 360 g/mol. The predicted molar refractivity (Wildman–Crippen MR) is 108 cm³/mol. The van der Waals surface area contributed by atoms with Gasteiger partial charge < -0.3 is 9.80 Å². The Morgan fingerprint density at radius 1 is 0.889 bits per heavy atom. The lowest BCUT2D eigenvalue weighted by atomic mass is 10.1. The standard InChI is InChI=1S/C22H25ClN2O2/c1-16-3-7-19(15-17(16)2)22(27)25-13-11-24(12-14-25)21(26)10-6-18-4-8-20(23)9-5-18/h3-5,7-9,15H,6,10-14H2,1-2H3. The van der Waals surface area contributed by atoms with Crippen LogP contribution in [0.25, 0.3) is 0 Å². The maximum Gasteiger partial charge on any atom is 0.253 e. The highest BCUT2D eigenvalue weighted by Gasteiger charge is 2.24. The van der Waals surface area contributed by atoms with Crippen LogP contribution < -0.4 is 0 Å². The molecule has 0 aliphatic carbocycles. The number of carbonyl (C=O) groups is 2. The van der Waals surface area contributed by atoms with E-state index in [1.165, 1.54) is 5.56 Å². The minimum absolute atomic E-state index is 0.0476. The van der Waals surface area contributed by atoms with Crippen molar-refractivity contribution in [2.45, 2.75) is 26.7 Å². The second-order valence-electron chi connectivity index (χ2n) is 7.10. The van der Waals surface area contributed by atoms with Crippen molar-refractivity contribution < 1.29 is 9.59 Å². The number of nitrogens with zero attached hydrogens (tertiary/aromatic N) is 2. The molecule has 2 amide bonds. The van der Waals surface area contributed by atoms with Gasteiger partial charge in [0.1, 0.15) is 0 Å². The molecule has 2 aromatic rings. The minimum Gasteiger partial charge on any atom is -0.339 e. The topological polar surface area (TPSA) is 40.6 Å². The highest BCUT2D eigenvalue weighted by Crippen LogP contribution is 2.15. The van der Waals surface area contributed by atoms with E-state index in [1.54, 1.807) is 0 Å². The number of rotatable bonds is 4. The second kappa shape index (κ2) is 8.57. The van der Waals surface area contributed by atoms with Crippen LogP contribution in [0.5, 0.6) is 0 Å². The van der Waals surface area contributed by atoms with Crippen molar-refractivity contribution in [1.29, 1.82) is 0 Å². The number of benzene rings is 2. The van der Waals surface area contributed by atoms with Crippen molar-refractivity contribution in [3.8, 4) is 0 Å². The van der Waals surface area contributed by atoms with Gasteiger partial charge in [0.25, 0.3) is 5.91 Å². The summed E-state index contributed by atoms with van der Waals surface area (Å²) >= 11 is 5.89. The van der Waals surface area contributed by atoms with E-state index in [0.29, 0.717) is 44.0 Å². The summed E-state index contributed by atoms with van der Waals surface area (Å²) in [6.07, 6.45) is 1.19. The third-order valence-corrected chi connectivity index (χ3v) is 5.47. The molecular formula is C22H25ClN2O2. The van der Waals surface area contributed by atoms with Crippen LogP contribution in [0.15, 0.2) is 42.5 Å². The van der Waals surface area contributed by atoms with Crippen LogP contribution in [0.2, 0.25) is 5.02 Å². The van der Waals surface area contributed by atoms with Crippen LogP contribution in [0.3, 0.4) is 0 Å². The number of carbonyl (C=O) groups excluding carboxylic acids is 2. The van der Waals surface area contributed by atoms with Crippen molar-refractivity contribution in [2.24, 2.45) is 0 Å². The lowest BCUT2D eigenvalue weighted by Gasteiger charge is -2.35. The Hall–Kier alpha value is -2.33.